The lowest BCUT2D eigenvalue weighted by Gasteiger charge is -2.24. The summed E-state index contributed by atoms with van der Waals surface area (Å²) in [4.78, 5) is 13.8. The normalized spacial score (nSPS) is 19.5. The number of carbonyl (C=O) groups is 1. The first-order chi connectivity index (χ1) is 6.16. The minimum absolute atomic E-state index is 0.0151. The van der Waals surface area contributed by atoms with Gasteiger partial charge < -0.3 is 10.2 Å². The van der Waals surface area contributed by atoms with E-state index in [0.29, 0.717) is 5.92 Å². The van der Waals surface area contributed by atoms with E-state index in [1.54, 1.807) is 0 Å². The molecule has 0 saturated carbocycles. The second-order valence-electron chi connectivity index (χ2n) is 3.65. The van der Waals surface area contributed by atoms with Crippen molar-refractivity contribution >= 4 is 17.7 Å². The highest BCUT2D eigenvalue weighted by Gasteiger charge is 2.27. The van der Waals surface area contributed by atoms with Gasteiger partial charge in [0, 0.05) is 12.3 Å². The molecule has 1 amide bonds. The zero-order chi connectivity index (χ0) is 9.84. The van der Waals surface area contributed by atoms with E-state index in [9.17, 15) is 4.79 Å². The number of thioether (sulfide) groups is 1. The average Bonchev–Trinajstić information content (AvgIpc) is 2.56. The molecule has 0 spiro atoms. The predicted octanol–water partition coefficient (Wildman–Crippen LogP) is 0.763. The van der Waals surface area contributed by atoms with Crippen LogP contribution in [0, 0.1) is 5.92 Å². The monoisotopic (exact) mass is 202 g/mol. The molecule has 1 N–H and O–H groups in total. The third-order valence-electron chi connectivity index (χ3n) is 2.31. The lowest BCUT2D eigenvalue weighted by Crippen LogP contribution is -2.47. The van der Waals surface area contributed by atoms with Gasteiger partial charge in [0.2, 0.25) is 5.91 Å². The van der Waals surface area contributed by atoms with Crippen LogP contribution in [-0.4, -0.2) is 42.1 Å². The first-order valence-corrected chi connectivity index (χ1v) is 5.86. The number of nitrogens with one attached hydrogen (secondary N) is 1. The van der Waals surface area contributed by atoms with Gasteiger partial charge in [0.1, 0.15) is 0 Å². The lowest BCUT2D eigenvalue weighted by molar-refractivity contribution is -0.132. The highest BCUT2D eigenvalue weighted by molar-refractivity contribution is 7.99. The van der Waals surface area contributed by atoms with E-state index in [1.807, 2.05) is 23.7 Å². The van der Waals surface area contributed by atoms with Gasteiger partial charge in [0.25, 0.3) is 0 Å². The number of carbonyl (C=O) groups excluding carboxylic acids is 1. The summed E-state index contributed by atoms with van der Waals surface area (Å²) in [5.74, 6) is 2.56. The van der Waals surface area contributed by atoms with Crippen molar-refractivity contribution in [2.75, 3.05) is 25.2 Å². The first-order valence-electron chi connectivity index (χ1n) is 4.70. The van der Waals surface area contributed by atoms with Gasteiger partial charge >= 0.3 is 0 Å². The topological polar surface area (TPSA) is 32.3 Å². The zero-order valence-corrected chi connectivity index (χ0v) is 9.36. The van der Waals surface area contributed by atoms with E-state index in [4.69, 9.17) is 0 Å². The fourth-order valence-corrected chi connectivity index (χ4v) is 2.48. The van der Waals surface area contributed by atoms with Crippen molar-refractivity contribution in [2.45, 2.75) is 19.9 Å². The number of hydrogen-bond donors (Lipinski definition) is 1. The molecule has 0 aromatic heterocycles. The van der Waals surface area contributed by atoms with Crippen molar-refractivity contribution < 1.29 is 4.79 Å². The largest absolute Gasteiger partial charge is 0.331 e. The molecule has 1 fully saturated rings. The molecule has 3 nitrogen and oxygen atoms in total. The maximum atomic E-state index is 11.9. The Morgan fingerprint density at radius 1 is 1.54 bits per heavy atom. The first kappa shape index (κ1) is 10.9. The quantitative estimate of drug-likeness (QED) is 0.733. The molecule has 13 heavy (non-hydrogen) atoms. The van der Waals surface area contributed by atoms with Crippen LogP contribution in [-0.2, 0) is 4.79 Å². The molecule has 1 saturated heterocycles. The minimum atomic E-state index is -0.0151. The van der Waals surface area contributed by atoms with Gasteiger partial charge in [-0.3, -0.25) is 4.79 Å². The Kier molecular flexibility index (Phi) is 4.06. The standard InChI is InChI=1S/C9H18N2OS/c1-7(2)8(10-3)9(12)11-4-5-13-6-11/h7-8,10H,4-6H2,1-3H3/t8-/m1/s1. The van der Waals surface area contributed by atoms with Crippen LogP contribution in [0.2, 0.25) is 0 Å². The molecule has 4 heteroatoms. The summed E-state index contributed by atoms with van der Waals surface area (Å²) < 4.78 is 0. The van der Waals surface area contributed by atoms with Crippen molar-refractivity contribution in [3.05, 3.63) is 0 Å². The summed E-state index contributed by atoms with van der Waals surface area (Å²) in [7, 11) is 1.85. The van der Waals surface area contributed by atoms with Gasteiger partial charge in [-0.15, -0.1) is 11.8 Å². The second kappa shape index (κ2) is 4.86. The van der Waals surface area contributed by atoms with E-state index < -0.39 is 0 Å². The van der Waals surface area contributed by atoms with E-state index in [2.05, 4.69) is 19.2 Å². The lowest BCUT2D eigenvalue weighted by atomic mass is 10.0. The molecular weight excluding hydrogens is 184 g/mol. The second-order valence-corrected chi connectivity index (χ2v) is 4.72. The van der Waals surface area contributed by atoms with Crippen LogP contribution in [0.5, 0.6) is 0 Å². The van der Waals surface area contributed by atoms with Gasteiger partial charge in [-0.05, 0) is 13.0 Å². The van der Waals surface area contributed by atoms with Crippen LogP contribution < -0.4 is 5.32 Å². The van der Waals surface area contributed by atoms with Crippen molar-refractivity contribution in [3.8, 4) is 0 Å². The highest BCUT2D eigenvalue weighted by Crippen LogP contribution is 2.16. The summed E-state index contributed by atoms with van der Waals surface area (Å²) in [6.45, 7) is 5.05. The molecule has 1 heterocycles. The summed E-state index contributed by atoms with van der Waals surface area (Å²) >= 11 is 1.83. The van der Waals surface area contributed by atoms with Crippen molar-refractivity contribution in [2.24, 2.45) is 5.92 Å². The summed E-state index contributed by atoms with van der Waals surface area (Å²) in [6, 6.07) is -0.0151. The number of nitrogens with zero attached hydrogens (tertiary/aromatic N) is 1. The summed E-state index contributed by atoms with van der Waals surface area (Å²) in [5.41, 5.74) is 0. The molecule has 0 aromatic rings. The van der Waals surface area contributed by atoms with Crippen LogP contribution in [0.1, 0.15) is 13.8 Å². The SMILES string of the molecule is CN[C@@H](C(=O)N1CCSC1)C(C)C. The average molecular weight is 202 g/mol. The zero-order valence-electron chi connectivity index (χ0n) is 8.54. The molecule has 1 aliphatic rings. The van der Waals surface area contributed by atoms with Crippen LogP contribution in [0.4, 0.5) is 0 Å². The minimum Gasteiger partial charge on any atom is -0.331 e. The Bertz CT molecular complexity index is 178. The molecule has 1 rings (SSSR count). The fraction of sp³-hybridized carbons (Fsp3) is 0.889. The molecule has 76 valence electrons. The van der Waals surface area contributed by atoms with E-state index in [-0.39, 0.29) is 11.9 Å². The van der Waals surface area contributed by atoms with E-state index >= 15 is 0 Å². The Hall–Kier alpha value is -0.220. The molecule has 0 radical (unpaired) electrons. The molecule has 1 aliphatic heterocycles. The van der Waals surface area contributed by atoms with Gasteiger partial charge in [-0.25, -0.2) is 0 Å². The Morgan fingerprint density at radius 2 is 2.23 bits per heavy atom. The molecule has 0 aliphatic carbocycles. The van der Waals surface area contributed by atoms with Gasteiger partial charge in [0.05, 0.1) is 11.9 Å². The van der Waals surface area contributed by atoms with Crippen molar-refractivity contribution in [1.29, 1.82) is 0 Å². The number of hydrogen-bond acceptors (Lipinski definition) is 3. The third kappa shape index (κ3) is 2.61. The Labute approximate surface area is 84.2 Å². The van der Waals surface area contributed by atoms with Gasteiger partial charge in [0.15, 0.2) is 0 Å². The summed E-state index contributed by atoms with van der Waals surface area (Å²) in [5, 5.41) is 3.08. The molecule has 0 bridgehead atoms. The van der Waals surface area contributed by atoms with Crippen LogP contribution in [0.3, 0.4) is 0 Å². The van der Waals surface area contributed by atoms with Crippen LogP contribution in [0.15, 0.2) is 0 Å². The van der Waals surface area contributed by atoms with Gasteiger partial charge in [-0.1, -0.05) is 13.8 Å². The molecular formula is C9H18N2OS. The van der Waals surface area contributed by atoms with Gasteiger partial charge in [-0.2, -0.15) is 0 Å². The van der Waals surface area contributed by atoms with Crippen LogP contribution >= 0.6 is 11.8 Å². The Morgan fingerprint density at radius 3 is 2.62 bits per heavy atom. The molecule has 0 aromatic carbocycles. The smallest absolute Gasteiger partial charge is 0.240 e. The highest BCUT2D eigenvalue weighted by atomic mass is 32.2. The molecule has 1 atom stereocenters. The third-order valence-corrected chi connectivity index (χ3v) is 3.27. The van der Waals surface area contributed by atoms with E-state index in [0.717, 1.165) is 18.2 Å². The fourth-order valence-electron chi connectivity index (χ4n) is 1.53. The van der Waals surface area contributed by atoms with Crippen molar-refractivity contribution in [3.63, 3.8) is 0 Å². The maximum absolute atomic E-state index is 11.9. The number of likely N-dealkylation sites (N-methyl/N-ethyl adjacent to an activating group) is 1. The maximum Gasteiger partial charge on any atom is 0.240 e. The summed E-state index contributed by atoms with van der Waals surface area (Å²) in [6.07, 6.45) is 0. The Balaban J connectivity index is 2.52. The van der Waals surface area contributed by atoms with Crippen LogP contribution in [0.25, 0.3) is 0 Å². The van der Waals surface area contributed by atoms with Crippen molar-refractivity contribution in [1.82, 2.24) is 10.2 Å². The molecule has 0 unspecified atom stereocenters. The number of amides is 1. The predicted molar refractivity (Wildman–Crippen MR) is 56.7 cm³/mol. The van der Waals surface area contributed by atoms with E-state index in [1.165, 1.54) is 0 Å². The number of rotatable bonds is 3.